The summed E-state index contributed by atoms with van der Waals surface area (Å²) in [6, 6.07) is 18.8. The first kappa shape index (κ1) is 19.2. The second kappa shape index (κ2) is 9.36. The van der Waals surface area contributed by atoms with Crippen molar-refractivity contribution >= 4 is 11.9 Å². The molecule has 0 radical (unpaired) electrons. The SMILES string of the molecule is COC(=O)[C@@H](NC(=O)C(c1ccccc1)c1ccccc1)C1CCCCC1. The van der Waals surface area contributed by atoms with Gasteiger partial charge in [0.05, 0.1) is 13.0 Å². The predicted octanol–water partition coefficient (Wildman–Crippen LogP) is 4.06. The number of carbonyl (C=O) groups excluding carboxylic acids is 2. The molecule has 0 saturated heterocycles. The maximum absolute atomic E-state index is 13.3. The van der Waals surface area contributed by atoms with E-state index in [2.05, 4.69) is 5.32 Å². The van der Waals surface area contributed by atoms with Crippen molar-refractivity contribution in [1.29, 1.82) is 0 Å². The van der Waals surface area contributed by atoms with E-state index in [9.17, 15) is 9.59 Å². The van der Waals surface area contributed by atoms with Crippen LogP contribution in [0.25, 0.3) is 0 Å². The van der Waals surface area contributed by atoms with Gasteiger partial charge in [-0.2, -0.15) is 0 Å². The summed E-state index contributed by atoms with van der Waals surface area (Å²) in [5, 5.41) is 3.02. The van der Waals surface area contributed by atoms with E-state index in [1.165, 1.54) is 13.5 Å². The Bertz CT molecular complexity index is 699. The molecule has 1 atom stereocenters. The summed E-state index contributed by atoms with van der Waals surface area (Å²) in [4.78, 5) is 25.7. The molecule has 0 spiro atoms. The molecule has 1 aliphatic rings. The quantitative estimate of drug-likeness (QED) is 0.786. The minimum atomic E-state index is -0.585. The van der Waals surface area contributed by atoms with E-state index in [1.807, 2.05) is 60.7 Å². The Morgan fingerprint density at radius 3 is 1.89 bits per heavy atom. The first-order valence-corrected chi connectivity index (χ1v) is 9.69. The fraction of sp³-hybridized carbons (Fsp3) is 0.391. The van der Waals surface area contributed by atoms with Crippen LogP contribution in [-0.2, 0) is 14.3 Å². The molecule has 1 amide bonds. The van der Waals surface area contributed by atoms with Gasteiger partial charge < -0.3 is 10.1 Å². The lowest BCUT2D eigenvalue weighted by Gasteiger charge is -2.30. The maximum atomic E-state index is 13.3. The third kappa shape index (κ3) is 4.76. The van der Waals surface area contributed by atoms with Crippen LogP contribution in [0.5, 0.6) is 0 Å². The van der Waals surface area contributed by atoms with E-state index >= 15 is 0 Å². The topological polar surface area (TPSA) is 55.4 Å². The number of hydrogen-bond donors (Lipinski definition) is 1. The van der Waals surface area contributed by atoms with Gasteiger partial charge >= 0.3 is 5.97 Å². The lowest BCUT2D eigenvalue weighted by atomic mass is 9.83. The molecular formula is C23H27NO3. The molecule has 27 heavy (non-hydrogen) atoms. The van der Waals surface area contributed by atoms with Crippen LogP contribution in [0.2, 0.25) is 0 Å². The van der Waals surface area contributed by atoms with E-state index in [0.717, 1.165) is 36.8 Å². The Morgan fingerprint density at radius 2 is 1.41 bits per heavy atom. The Kier molecular flexibility index (Phi) is 6.64. The molecule has 1 saturated carbocycles. The first-order valence-electron chi connectivity index (χ1n) is 9.69. The van der Waals surface area contributed by atoms with Crippen LogP contribution in [0, 0.1) is 5.92 Å². The molecule has 3 rings (SSSR count). The van der Waals surface area contributed by atoms with Crippen LogP contribution in [0.15, 0.2) is 60.7 Å². The van der Waals surface area contributed by atoms with E-state index < -0.39 is 12.0 Å². The van der Waals surface area contributed by atoms with Gasteiger partial charge in [-0.1, -0.05) is 79.9 Å². The molecule has 2 aromatic carbocycles. The van der Waals surface area contributed by atoms with E-state index in [-0.39, 0.29) is 17.8 Å². The highest BCUT2D eigenvalue weighted by molar-refractivity contribution is 5.91. The van der Waals surface area contributed by atoms with Crippen LogP contribution in [-0.4, -0.2) is 25.0 Å². The van der Waals surface area contributed by atoms with Gasteiger partial charge in [0.1, 0.15) is 6.04 Å². The average Bonchev–Trinajstić information content (AvgIpc) is 2.74. The molecule has 0 bridgehead atoms. The monoisotopic (exact) mass is 365 g/mol. The van der Waals surface area contributed by atoms with Gasteiger partial charge in [0.25, 0.3) is 0 Å². The Morgan fingerprint density at radius 1 is 0.889 bits per heavy atom. The molecule has 142 valence electrons. The molecule has 0 unspecified atom stereocenters. The number of hydrogen-bond acceptors (Lipinski definition) is 3. The van der Waals surface area contributed by atoms with Crippen LogP contribution >= 0.6 is 0 Å². The van der Waals surface area contributed by atoms with Gasteiger partial charge in [-0.05, 0) is 29.9 Å². The van der Waals surface area contributed by atoms with Crippen LogP contribution in [0.4, 0.5) is 0 Å². The van der Waals surface area contributed by atoms with Crippen molar-refractivity contribution in [3.8, 4) is 0 Å². The van der Waals surface area contributed by atoms with Crippen LogP contribution < -0.4 is 5.32 Å². The van der Waals surface area contributed by atoms with Crippen molar-refractivity contribution in [2.24, 2.45) is 5.92 Å². The Balaban J connectivity index is 1.87. The number of amides is 1. The number of nitrogens with one attached hydrogen (secondary N) is 1. The lowest BCUT2D eigenvalue weighted by Crippen LogP contribution is -2.48. The van der Waals surface area contributed by atoms with Gasteiger partial charge in [0, 0.05) is 0 Å². The summed E-state index contributed by atoms with van der Waals surface area (Å²) in [6.07, 6.45) is 5.27. The number of esters is 1. The van der Waals surface area contributed by atoms with Crippen molar-refractivity contribution < 1.29 is 14.3 Å². The number of ether oxygens (including phenoxy) is 1. The van der Waals surface area contributed by atoms with Crippen molar-refractivity contribution in [2.75, 3.05) is 7.11 Å². The first-order chi connectivity index (χ1) is 13.2. The standard InChI is InChI=1S/C23H27NO3/c1-27-23(26)21(19-15-9-4-10-16-19)24-22(25)20(17-11-5-2-6-12-17)18-13-7-3-8-14-18/h2-3,5-8,11-14,19-21H,4,9-10,15-16H2,1H3,(H,24,25)/t21-/m0/s1. The smallest absolute Gasteiger partial charge is 0.328 e. The molecule has 1 fully saturated rings. The van der Waals surface area contributed by atoms with E-state index in [4.69, 9.17) is 4.74 Å². The fourth-order valence-corrected chi connectivity index (χ4v) is 3.99. The van der Waals surface area contributed by atoms with Gasteiger partial charge in [-0.3, -0.25) is 4.79 Å². The van der Waals surface area contributed by atoms with Crippen molar-refractivity contribution in [1.82, 2.24) is 5.32 Å². The Labute approximate surface area is 160 Å². The summed E-state index contributed by atoms with van der Waals surface area (Å²) >= 11 is 0. The highest BCUT2D eigenvalue weighted by Gasteiger charge is 2.34. The summed E-state index contributed by atoms with van der Waals surface area (Å²) in [5.41, 5.74) is 1.82. The summed E-state index contributed by atoms with van der Waals surface area (Å²) in [5.74, 6) is -0.825. The third-order valence-corrected chi connectivity index (χ3v) is 5.40. The minimum Gasteiger partial charge on any atom is -0.467 e. The molecule has 0 aliphatic heterocycles. The van der Waals surface area contributed by atoms with E-state index in [0.29, 0.717) is 0 Å². The van der Waals surface area contributed by atoms with Crippen molar-refractivity contribution in [2.45, 2.75) is 44.1 Å². The number of rotatable bonds is 6. The second-order valence-corrected chi connectivity index (χ2v) is 7.16. The number of benzene rings is 2. The molecule has 2 aromatic rings. The van der Waals surface area contributed by atoms with Gasteiger partial charge in [-0.25, -0.2) is 4.79 Å². The summed E-state index contributed by atoms with van der Waals surface area (Å²) < 4.78 is 5.00. The molecule has 4 heteroatoms. The zero-order valence-corrected chi connectivity index (χ0v) is 15.8. The number of methoxy groups -OCH3 is 1. The second-order valence-electron chi connectivity index (χ2n) is 7.16. The van der Waals surface area contributed by atoms with Crippen LogP contribution in [0.3, 0.4) is 0 Å². The van der Waals surface area contributed by atoms with Gasteiger partial charge in [-0.15, -0.1) is 0 Å². The average molecular weight is 365 g/mol. The normalized spacial score (nSPS) is 15.9. The predicted molar refractivity (Wildman–Crippen MR) is 105 cm³/mol. The zero-order chi connectivity index (χ0) is 19.1. The number of carbonyl (C=O) groups is 2. The largest absolute Gasteiger partial charge is 0.467 e. The van der Waals surface area contributed by atoms with E-state index in [1.54, 1.807) is 0 Å². The molecule has 1 aliphatic carbocycles. The Hall–Kier alpha value is -2.62. The zero-order valence-electron chi connectivity index (χ0n) is 15.8. The minimum absolute atomic E-state index is 0.141. The third-order valence-electron chi connectivity index (χ3n) is 5.40. The van der Waals surface area contributed by atoms with Gasteiger partial charge in [0.2, 0.25) is 5.91 Å². The highest BCUT2D eigenvalue weighted by Crippen LogP contribution is 2.29. The maximum Gasteiger partial charge on any atom is 0.328 e. The summed E-state index contributed by atoms with van der Waals surface area (Å²) in [7, 11) is 1.39. The highest BCUT2D eigenvalue weighted by atomic mass is 16.5. The fourth-order valence-electron chi connectivity index (χ4n) is 3.99. The van der Waals surface area contributed by atoms with Crippen molar-refractivity contribution in [3.63, 3.8) is 0 Å². The molecule has 0 aromatic heterocycles. The molecule has 1 N–H and O–H groups in total. The summed E-state index contributed by atoms with van der Waals surface area (Å²) in [6.45, 7) is 0. The molecule has 0 heterocycles. The molecular weight excluding hydrogens is 338 g/mol. The van der Waals surface area contributed by atoms with Crippen molar-refractivity contribution in [3.05, 3.63) is 71.8 Å². The lowest BCUT2D eigenvalue weighted by molar-refractivity contribution is -0.147. The van der Waals surface area contributed by atoms with Gasteiger partial charge in [0.15, 0.2) is 0 Å². The molecule has 4 nitrogen and oxygen atoms in total. The van der Waals surface area contributed by atoms with Crippen LogP contribution in [0.1, 0.15) is 49.1 Å².